The fourth-order valence-electron chi connectivity index (χ4n) is 4.41. The van der Waals surface area contributed by atoms with Gasteiger partial charge in [0.2, 0.25) is 0 Å². The number of thiophene rings is 1. The van der Waals surface area contributed by atoms with Gasteiger partial charge in [-0.15, -0.1) is 11.3 Å². The lowest BCUT2D eigenvalue weighted by molar-refractivity contribution is 0.0306. The van der Waals surface area contributed by atoms with Crippen molar-refractivity contribution in [3.8, 4) is 0 Å². The lowest BCUT2D eigenvalue weighted by Gasteiger charge is -2.26. The second-order valence-electron chi connectivity index (χ2n) is 8.14. The molecular weight excluding hydrogens is 412 g/mol. The van der Waals surface area contributed by atoms with Gasteiger partial charge in [0.15, 0.2) is 0 Å². The minimum Gasteiger partial charge on any atom is -0.378 e. The number of fused-ring (bicyclic) bond motifs is 2. The first-order valence-electron chi connectivity index (χ1n) is 10.8. The van der Waals surface area contributed by atoms with Crippen molar-refractivity contribution >= 4 is 27.5 Å². The summed E-state index contributed by atoms with van der Waals surface area (Å²) in [5, 5.41) is 0.599. The number of hydrogen-bond acceptors (Lipinski definition) is 6. The Kier molecular flexibility index (Phi) is 5.60. The number of nitrogens with zero attached hydrogens (tertiary/aromatic N) is 4. The first-order valence-corrected chi connectivity index (χ1v) is 11.6. The van der Waals surface area contributed by atoms with Gasteiger partial charge >= 0.3 is 0 Å². The minimum atomic E-state index is -0.0173. The molecule has 2 aromatic heterocycles. The molecule has 7 nitrogen and oxygen atoms in total. The average molecular weight is 439 g/mol. The second kappa shape index (κ2) is 8.53. The van der Waals surface area contributed by atoms with Gasteiger partial charge in [0.25, 0.3) is 11.5 Å². The van der Waals surface area contributed by atoms with Crippen molar-refractivity contribution in [2.75, 3.05) is 39.4 Å². The van der Waals surface area contributed by atoms with Gasteiger partial charge in [0.05, 0.1) is 23.5 Å². The zero-order valence-corrected chi connectivity index (χ0v) is 18.5. The van der Waals surface area contributed by atoms with Crippen LogP contribution in [0.1, 0.15) is 26.6 Å². The van der Waals surface area contributed by atoms with Crippen molar-refractivity contribution in [3.63, 3.8) is 0 Å². The van der Waals surface area contributed by atoms with Gasteiger partial charge in [-0.2, -0.15) is 0 Å². The Labute approximate surface area is 184 Å². The molecule has 1 saturated heterocycles. The van der Waals surface area contributed by atoms with Crippen LogP contribution in [-0.4, -0.2) is 64.7 Å². The topological polar surface area (TPSA) is 67.7 Å². The molecule has 1 aromatic carbocycles. The van der Waals surface area contributed by atoms with Crippen LogP contribution >= 0.6 is 11.3 Å². The number of rotatable bonds is 3. The summed E-state index contributed by atoms with van der Waals surface area (Å²) in [5.41, 5.74) is 2.02. The van der Waals surface area contributed by atoms with Crippen LogP contribution in [0.2, 0.25) is 0 Å². The van der Waals surface area contributed by atoms with Crippen LogP contribution in [0.5, 0.6) is 0 Å². The SMILES string of the molecule is Cc1c(C(=O)N2CCOCC2)sc2nc3n(c(=O)c12)CCN(Cc1ccccc1)CC3. The van der Waals surface area contributed by atoms with Crippen molar-refractivity contribution in [3.05, 3.63) is 62.5 Å². The Morgan fingerprint density at radius 2 is 1.87 bits per heavy atom. The maximum absolute atomic E-state index is 13.4. The van der Waals surface area contributed by atoms with E-state index < -0.39 is 0 Å². The monoisotopic (exact) mass is 438 g/mol. The number of morpholine rings is 1. The van der Waals surface area contributed by atoms with Gasteiger partial charge in [0.1, 0.15) is 10.7 Å². The number of benzene rings is 1. The van der Waals surface area contributed by atoms with E-state index >= 15 is 0 Å². The molecule has 0 aliphatic carbocycles. The van der Waals surface area contributed by atoms with Gasteiger partial charge in [-0.25, -0.2) is 4.98 Å². The molecule has 5 rings (SSSR count). The molecule has 0 spiro atoms. The lowest BCUT2D eigenvalue weighted by Crippen LogP contribution is -2.40. The van der Waals surface area contributed by atoms with Crippen LogP contribution in [0.15, 0.2) is 35.1 Å². The van der Waals surface area contributed by atoms with Crippen LogP contribution in [0.4, 0.5) is 0 Å². The predicted octanol–water partition coefficient (Wildman–Crippen LogP) is 2.30. The Balaban J connectivity index is 1.43. The van der Waals surface area contributed by atoms with E-state index in [0.29, 0.717) is 47.9 Å². The molecule has 1 amide bonds. The number of amides is 1. The highest BCUT2D eigenvalue weighted by molar-refractivity contribution is 7.20. The molecule has 2 aliphatic rings. The van der Waals surface area contributed by atoms with E-state index in [1.807, 2.05) is 22.5 Å². The zero-order valence-electron chi connectivity index (χ0n) is 17.7. The molecule has 0 unspecified atom stereocenters. The van der Waals surface area contributed by atoms with Gasteiger partial charge in [-0.1, -0.05) is 30.3 Å². The molecule has 162 valence electrons. The molecule has 0 saturated carbocycles. The van der Waals surface area contributed by atoms with Gasteiger partial charge in [-0.05, 0) is 18.1 Å². The van der Waals surface area contributed by atoms with Crippen LogP contribution in [0, 0.1) is 6.92 Å². The van der Waals surface area contributed by atoms with Crippen molar-refractivity contribution in [2.24, 2.45) is 0 Å². The normalized spacial score (nSPS) is 17.5. The highest BCUT2D eigenvalue weighted by atomic mass is 32.1. The number of carbonyl (C=O) groups excluding carboxylic acids is 1. The van der Waals surface area contributed by atoms with E-state index in [1.165, 1.54) is 16.9 Å². The summed E-state index contributed by atoms with van der Waals surface area (Å²) in [6, 6.07) is 10.4. The number of aryl methyl sites for hydroxylation is 1. The third kappa shape index (κ3) is 3.91. The van der Waals surface area contributed by atoms with Crippen molar-refractivity contribution < 1.29 is 9.53 Å². The van der Waals surface area contributed by atoms with Gasteiger partial charge in [0, 0.05) is 45.7 Å². The van der Waals surface area contributed by atoms with E-state index in [1.54, 1.807) is 0 Å². The lowest BCUT2D eigenvalue weighted by atomic mass is 10.2. The maximum atomic E-state index is 13.4. The molecule has 0 N–H and O–H groups in total. The third-order valence-electron chi connectivity index (χ3n) is 6.16. The van der Waals surface area contributed by atoms with Crippen molar-refractivity contribution in [1.82, 2.24) is 19.4 Å². The quantitative estimate of drug-likeness (QED) is 0.628. The molecule has 1 fully saturated rings. The summed E-state index contributed by atoms with van der Waals surface area (Å²) in [6.07, 6.45) is 0.724. The largest absolute Gasteiger partial charge is 0.378 e. The fraction of sp³-hybridized carbons (Fsp3) is 0.435. The zero-order chi connectivity index (χ0) is 21.4. The standard InChI is InChI=1S/C23H26N4O3S/c1-16-19-21(31-20(16)23(29)26-11-13-30-14-12-26)24-18-7-8-25(9-10-27(18)22(19)28)15-17-5-3-2-4-6-17/h2-6H,7-15H2,1H3. The Morgan fingerprint density at radius 1 is 1.10 bits per heavy atom. The van der Waals surface area contributed by atoms with Crippen molar-refractivity contribution in [2.45, 2.75) is 26.4 Å². The van der Waals surface area contributed by atoms with Crippen molar-refractivity contribution in [1.29, 1.82) is 0 Å². The maximum Gasteiger partial charge on any atom is 0.264 e. The van der Waals surface area contributed by atoms with Crippen LogP contribution in [0.25, 0.3) is 10.2 Å². The number of carbonyl (C=O) groups is 1. The molecule has 4 heterocycles. The summed E-state index contributed by atoms with van der Waals surface area (Å²) >= 11 is 1.35. The third-order valence-corrected chi connectivity index (χ3v) is 7.34. The molecular formula is C23H26N4O3S. The van der Waals surface area contributed by atoms with E-state index in [-0.39, 0.29) is 11.5 Å². The average Bonchev–Trinajstić information content (AvgIpc) is 2.99. The van der Waals surface area contributed by atoms with Crippen LogP contribution in [0.3, 0.4) is 0 Å². The summed E-state index contributed by atoms with van der Waals surface area (Å²) in [4.78, 5) is 36.8. The molecule has 2 aliphatic heterocycles. The number of ether oxygens (including phenoxy) is 1. The molecule has 0 atom stereocenters. The smallest absolute Gasteiger partial charge is 0.264 e. The van der Waals surface area contributed by atoms with E-state index in [2.05, 4.69) is 29.2 Å². The highest BCUT2D eigenvalue weighted by Gasteiger charge is 2.26. The first kappa shape index (κ1) is 20.4. The molecule has 0 bridgehead atoms. The summed E-state index contributed by atoms with van der Waals surface area (Å²) in [6.45, 7) is 7.32. The minimum absolute atomic E-state index is 0.0163. The first-order chi connectivity index (χ1) is 15.1. The summed E-state index contributed by atoms with van der Waals surface area (Å²) < 4.78 is 7.17. The summed E-state index contributed by atoms with van der Waals surface area (Å²) in [7, 11) is 0. The number of hydrogen-bond donors (Lipinski definition) is 0. The van der Waals surface area contributed by atoms with Crippen LogP contribution < -0.4 is 5.56 Å². The predicted molar refractivity (Wildman–Crippen MR) is 121 cm³/mol. The number of aromatic nitrogens is 2. The Hall–Kier alpha value is -2.55. The molecule has 8 heteroatoms. The second-order valence-corrected chi connectivity index (χ2v) is 9.14. The Bertz CT molecular complexity index is 1170. The molecule has 31 heavy (non-hydrogen) atoms. The Morgan fingerprint density at radius 3 is 2.65 bits per heavy atom. The van der Waals surface area contributed by atoms with E-state index in [0.717, 1.165) is 37.4 Å². The summed E-state index contributed by atoms with van der Waals surface area (Å²) in [5.74, 6) is 0.803. The van der Waals surface area contributed by atoms with Gasteiger partial charge in [-0.3, -0.25) is 19.1 Å². The van der Waals surface area contributed by atoms with Gasteiger partial charge < -0.3 is 9.64 Å². The highest BCUT2D eigenvalue weighted by Crippen LogP contribution is 2.29. The van der Waals surface area contributed by atoms with E-state index in [9.17, 15) is 9.59 Å². The van der Waals surface area contributed by atoms with Crippen LogP contribution in [-0.2, 0) is 24.2 Å². The molecule has 0 radical (unpaired) electrons. The van der Waals surface area contributed by atoms with E-state index in [4.69, 9.17) is 9.72 Å². The molecule has 3 aromatic rings. The fourth-order valence-corrected chi connectivity index (χ4v) is 5.56.